The second-order valence-corrected chi connectivity index (χ2v) is 6.87. The lowest BCUT2D eigenvalue weighted by molar-refractivity contribution is 0.324. The Balaban J connectivity index is 2.08. The highest BCUT2D eigenvalue weighted by molar-refractivity contribution is 9.10. The van der Waals surface area contributed by atoms with Gasteiger partial charge in [0, 0.05) is 34.0 Å². The first kappa shape index (κ1) is 13.1. The molecule has 0 aliphatic carbocycles. The van der Waals surface area contributed by atoms with Crippen LogP contribution in [0, 0.1) is 6.92 Å². The second-order valence-electron chi connectivity index (χ2n) is 5.95. The maximum atomic E-state index is 3.68. The van der Waals surface area contributed by atoms with Gasteiger partial charge in [0.15, 0.2) is 0 Å². The van der Waals surface area contributed by atoms with E-state index in [1.165, 1.54) is 38.9 Å². The van der Waals surface area contributed by atoms with Crippen molar-refractivity contribution in [3.63, 3.8) is 0 Å². The van der Waals surface area contributed by atoms with E-state index >= 15 is 0 Å². The molecule has 106 valence electrons. The van der Waals surface area contributed by atoms with E-state index < -0.39 is 0 Å². The number of halogens is 1. The minimum absolute atomic E-state index is 0.977. The fourth-order valence-electron chi connectivity index (χ4n) is 3.37. The average Bonchev–Trinajstić information content (AvgIpc) is 2.73. The van der Waals surface area contributed by atoms with Crippen LogP contribution in [0.5, 0.6) is 0 Å². The maximum absolute atomic E-state index is 3.68. The summed E-state index contributed by atoms with van der Waals surface area (Å²) in [7, 11) is 2.19. The first-order chi connectivity index (χ1) is 10.1. The van der Waals surface area contributed by atoms with Crippen molar-refractivity contribution in [2.45, 2.75) is 20.0 Å². The number of benzene rings is 2. The van der Waals surface area contributed by atoms with E-state index in [2.05, 4.69) is 76.2 Å². The lowest BCUT2D eigenvalue weighted by atomic mass is 10.0. The number of aryl methyl sites for hydroxylation is 1. The molecule has 0 spiro atoms. The number of aromatic nitrogens is 1. The minimum atomic E-state index is 0.977. The van der Waals surface area contributed by atoms with Crippen LogP contribution in [-0.4, -0.2) is 16.9 Å². The van der Waals surface area contributed by atoms with Gasteiger partial charge in [0.2, 0.25) is 0 Å². The smallest absolute Gasteiger partial charge is 0.0513 e. The van der Waals surface area contributed by atoms with Crippen LogP contribution in [0.1, 0.15) is 16.7 Å². The molecule has 21 heavy (non-hydrogen) atoms. The van der Waals surface area contributed by atoms with E-state index in [0.717, 1.165) is 17.6 Å². The topological polar surface area (TPSA) is 19.0 Å². The third kappa shape index (κ3) is 2.03. The van der Waals surface area contributed by atoms with Gasteiger partial charge in [-0.25, -0.2) is 0 Å². The number of aromatic amines is 1. The zero-order valence-electron chi connectivity index (χ0n) is 12.2. The van der Waals surface area contributed by atoms with Gasteiger partial charge in [-0.1, -0.05) is 40.2 Å². The first-order valence-corrected chi connectivity index (χ1v) is 8.00. The number of H-pyrrole nitrogens is 1. The number of hydrogen-bond acceptors (Lipinski definition) is 1. The molecule has 1 aliphatic heterocycles. The fourth-order valence-corrected chi connectivity index (χ4v) is 3.78. The van der Waals surface area contributed by atoms with Gasteiger partial charge < -0.3 is 4.98 Å². The molecule has 0 bridgehead atoms. The van der Waals surface area contributed by atoms with E-state index in [-0.39, 0.29) is 0 Å². The van der Waals surface area contributed by atoms with Crippen LogP contribution < -0.4 is 0 Å². The van der Waals surface area contributed by atoms with Crippen molar-refractivity contribution >= 4 is 26.8 Å². The molecule has 0 saturated heterocycles. The second kappa shape index (κ2) is 4.72. The third-order valence-electron chi connectivity index (χ3n) is 4.35. The van der Waals surface area contributed by atoms with E-state index in [4.69, 9.17) is 0 Å². The number of hydrogen-bond donors (Lipinski definition) is 1. The summed E-state index contributed by atoms with van der Waals surface area (Å²) in [5.41, 5.74) is 7.97. The van der Waals surface area contributed by atoms with Crippen molar-refractivity contribution in [2.24, 2.45) is 0 Å². The Morgan fingerprint density at radius 1 is 1.14 bits per heavy atom. The molecule has 3 heteroatoms. The average molecular weight is 341 g/mol. The Bertz CT molecular complexity index is 848. The molecule has 0 fully saturated rings. The van der Waals surface area contributed by atoms with Crippen LogP contribution in [0.2, 0.25) is 0 Å². The van der Waals surface area contributed by atoms with Gasteiger partial charge in [-0.05, 0) is 42.8 Å². The molecule has 0 radical (unpaired) electrons. The third-order valence-corrected chi connectivity index (χ3v) is 4.85. The largest absolute Gasteiger partial charge is 0.354 e. The first-order valence-electron chi connectivity index (χ1n) is 7.21. The van der Waals surface area contributed by atoms with Crippen molar-refractivity contribution in [1.82, 2.24) is 9.88 Å². The summed E-state index contributed by atoms with van der Waals surface area (Å²) in [6.45, 7) is 4.13. The predicted octanol–water partition coefficient (Wildman–Crippen LogP) is 4.85. The van der Waals surface area contributed by atoms with Crippen molar-refractivity contribution in [3.05, 3.63) is 57.6 Å². The fraction of sp³-hybridized carbons (Fsp3) is 0.222. The van der Waals surface area contributed by atoms with Gasteiger partial charge >= 0.3 is 0 Å². The van der Waals surface area contributed by atoms with Crippen LogP contribution in [0.25, 0.3) is 22.2 Å². The summed E-state index contributed by atoms with van der Waals surface area (Å²) < 4.78 is 1.14. The summed E-state index contributed by atoms with van der Waals surface area (Å²) in [6, 6.07) is 13.1. The number of nitrogens with one attached hydrogen (secondary N) is 1. The van der Waals surface area contributed by atoms with Gasteiger partial charge in [0.05, 0.1) is 5.69 Å². The van der Waals surface area contributed by atoms with Crippen LogP contribution in [0.4, 0.5) is 0 Å². The quantitative estimate of drug-likeness (QED) is 0.619. The van der Waals surface area contributed by atoms with Gasteiger partial charge in [-0.15, -0.1) is 0 Å². The Labute approximate surface area is 132 Å². The maximum Gasteiger partial charge on any atom is 0.0513 e. The Hall–Kier alpha value is -1.58. The minimum Gasteiger partial charge on any atom is -0.354 e. The highest BCUT2D eigenvalue weighted by Gasteiger charge is 2.21. The molecule has 2 aromatic carbocycles. The normalized spacial score (nSPS) is 14.8. The monoisotopic (exact) mass is 340 g/mol. The highest BCUT2D eigenvalue weighted by atomic mass is 79.9. The Morgan fingerprint density at radius 3 is 2.86 bits per heavy atom. The molecule has 0 amide bonds. The molecular weight excluding hydrogens is 324 g/mol. The molecule has 4 rings (SSSR count). The molecule has 1 aromatic heterocycles. The standard InChI is InChI=1S/C18H17BrN2/c1-11-4-3-5-15-16-10-21(2)9-12-8-13(19)6-7-14(12)18(16)20-17(11)15/h3-8,20H,9-10H2,1-2H3. The summed E-state index contributed by atoms with van der Waals surface area (Å²) in [4.78, 5) is 6.06. The lowest BCUT2D eigenvalue weighted by Crippen LogP contribution is -2.15. The molecule has 1 aliphatic rings. The van der Waals surface area contributed by atoms with Crippen LogP contribution in [0.15, 0.2) is 40.9 Å². The van der Waals surface area contributed by atoms with E-state index in [9.17, 15) is 0 Å². The molecular formula is C18H17BrN2. The number of fused-ring (bicyclic) bond motifs is 5. The SMILES string of the molecule is Cc1cccc2c3c([nH]c12)-c1ccc(Br)cc1CN(C)C3. The highest BCUT2D eigenvalue weighted by Crippen LogP contribution is 2.37. The van der Waals surface area contributed by atoms with Gasteiger partial charge in [-0.2, -0.15) is 0 Å². The van der Waals surface area contributed by atoms with Gasteiger partial charge in [0.25, 0.3) is 0 Å². The number of rotatable bonds is 0. The zero-order chi connectivity index (χ0) is 14.6. The van der Waals surface area contributed by atoms with Crippen molar-refractivity contribution < 1.29 is 0 Å². The van der Waals surface area contributed by atoms with E-state index in [1.54, 1.807) is 0 Å². The molecule has 3 aromatic rings. The van der Waals surface area contributed by atoms with Crippen LogP contribution >= 0.6 is 15.9 Å². The number of nitrogens with zero attached hydrogens (tertiary/aromatic N) is 1. The molecule has 0 atom stereocenters. The van der Waals surface area contributed by atoms with Crippen LogP contribution in [-0.2, 0) is 13.1 Å². The van der Waals surface area contributed by atoms with Crippen molar-refractivity contribution in [3.8, 4) is 11.3 Å². The lowest BCUT2D eigenvalue weighted by Gasteiger charge is -2.14. The molecule has 1 N–H and O–H groups in total. The molecule has 0 saturated carbocycles. The Morgan fingerprint density at radius 2 is 2.00 bits per heavy atom. The van der Waals surface area contributed by atoms with Crippen LogP contribution in [0.3, 0.4) is 0 Å². The predicted molar refractivity (Wildman–Crippen MR) is 91.3 cm³/mol. The van der Waals surface area contributed by atoms with Crippen molar-refractivity contribution in [1.29, 1.82) is 0 Å². The summed E-state index contributed by atoms with van der Waals surface area (Å²) in [5.74, 6) is 0. The zero-order valence-corrected chi connectivity index (χ0v) is 13.8. The summed E-state index contributed by atoms with van der Waals surface area (Å²) >= 11 is 3.59. The number of para-hydroxylation sites is 1. The van der Waals surface area contributed by atoms with E-state index in [1.807, 2.05) is 0 Å². The Kier molecular flexibility index (Phi) is 2.95. The molecule has 0 unspecified atom stereocenters. The van der Waals surface area contributed by atoms with Crippen molar-refractivity contribution in [2.75, 3.05) is 7.05 Å². The summed E-state index contributed by atoms with van der Waals surface area (Å²) in [5, 5.41) is 1.35. The summed E-state index contributed by atoms with van der Waals surface area (Å²) in [6.07, 6.45) is 0. The van der Waals surface area contributed by atoms with Gasteiger partial charge in [0.1, 0.15) is 0 Å². The molecule has 2 heterocycles. The van der Waals surface area contributed by atoms with E-state index in [0.29, 0.717) is 0 Å². The van der Waals surface area contributed by atoms with Gasteiger partial charge in [-0.3, -0.25) is 4.90 Å². The molecule has 2 nitrogen and oxygen atoms in total.